The topological polar surface area (TPSA) is 103 Å². The van der Waals surface area contributed by atoms with Gasteiger partial charge in [-0.1, -0.05) is 12.1 Å². The molecule has 1 aliphatic heterocycles. The highest BCUT2D eigenvalue weighted by Crippen LogP contribution is 2.27. The van der Waals surface area contributed by atoms with Crippen LogP contribution < -0.4 is 9.88 Å². The van der Waals surface area contributed by atoms with Gasteiger partial charge in [0.25, 0.3) is 5.91 Å². The first kappa shape index (κ1) is 21.9. The third kappa shape index (κ3) is 4.79. The number of hydrogen-bond donors (Lipinski definition) is 1. The first-order valence-electron chi connectivity index (χ1n) is 9.97. The molecule has 166 valence electrons. The Morgan fingerprint density at radius 2 is 1.91 bits per heavy atom. The first-order valence-corrected chi connectivity index (χ1v) is 11.5. The molecule has 0 radical (unpaired) electrons. The second-order valence-corrected chi connectivity index (χ2v) is 9.32. The van der Waals surface area contributed by atoms with Crippen LogP contribution in [0.5, 0.6) is 5.88 Å². The molecule has 0 fully saturated rings. The van der Waals surface area contributed by atoms with Crippen molar-refractivity contribution in [3.63, 3.8) is 0 Å². The summed E-state index contributed by atoms with van der Waals surface area (Å²) in [5.74, 6) is -0.182. The van der Waals surface area contributed by atoms with Crippen molar-refractivity contribution in [2.45, 2.75) is 30.8 Å². The Hall–Kier alpha value is -3.30. The van der Waals surface area contributed by atoms with Gasteiger partial charge in [0.1, 0.15) is 12.4 Å². The molecule has 32 heavy (non-hydrogen) atoms. The zero-order valence-electron chi connectivity index (χ0n) is 17.4. The fourth-order valence-corrected chi connectivity index (χ4v) is 4.19. The minimum absolute atomic E-state index is 0.0705. The van der Waals surface area contributed by atoms with Gasteiger partial charge in [0.15, 0.2) is 0 Å². The molecule has 2 aromatic carbocycles. The standard InChI is InChI=1S/C23H22FN3O4S/c1-15-2-9-22(26-12-15)31-14-20-11-18-10-19(24)6-3-17(18)13-27(20)23(28)16-4-7-21(8-5-16)32(25,29)30/h2-10,12,20H,11,13-14H2,1H3,(H2,25,29,30). The Morgan fingerprint density at radius 1 is 1.16 bits per heavy atom. The quantitative estimate of drug-likeness (QED) is 0.637. The molecule has 2 heterocycles. The number of halogens is 1. The molecular formula is C23H22FN3O4S. The van der Waals surface area contributed by atoms with Gasteiger partial charge >= 0.3 is 0 Å². The van der Waals surface area contributed by atoms with Crippen LogP contribution in [-0.4, -0.2) is 36.9 Å². The monoisotopic (exact) mass is 455 g/mol. The number of carbonyl (C=O) groups is 1. The predicted octanol–water partition coefficient (Wildman–Crippen LogP) is 2.82. The van der Waals surface area contributed by atoms with E-state index < -0.39 is 10.0 Å². The maximum atomic E-state index is 13.8. The van der Waals surface area contributed by atoms with Crippen LogP contribution >= 0.6 is 0 Å². The Kier molecular flexibility index (Phi) is 5.94. The van der Waals surface area contributed by atoms with Gasteiger partial charge in [-0.15, -0.1) is 0 Å². The van der Waals surface area contributed by atoms with Gasteiger partial charge < -0.3 is 9.64 Å². The largest absolute Gasteiger partial charge is 0.475 e. The second-order valence-electron chi connectivity index (χ2n) is 7.76. The van der Waals surface area contributed by atoms with E-state index in [-0.39, 0.29) is 35.8 Å². The Bertz CT molecular complexity index is 1250. The Balaban J connectivity index is 1.60. The lowest BCUT2D eigenvalue weighted by molar-refractivity contribution is 0.0562. The number of aryl methyl sites for hydroxylation is 1. The van der Waals surface area contributed by atoms with Gasteiger partial charge in [-0.2, -0.15) is 0 Å². The summed E-state index contributed by atoms with van der Waals surface area (Å²) in [6, 6.07) is 13.3. The molecule has 0 saturated heterocycles. The van der Waals surface area contributed by atoms with E-state index in [1.54, 1.807) is 23.2 Å². The smallest absolute Gasteiger partial charge is 0.254 e. The van der Waals surface area contributed by atoms with Gasteiger partial charge in [0, 0.05) is 24.4 Å². The van der Waals surface area contributed by atoms with Crippen molar-refractivity contribution in [3.05, 3.63) is 88.9 Å². The van der Waals surface area contributed by atoms with E-state index in [4.69, 9.17) is 9.88 Å². The Morgan fingerprint density at radius 3 is 2.56 bits per heavy atom. The lowest BCUT2D eigenvalue weighted by Crippen LogP contribution is -2.47. The van der Waals surface area contributed by atoms with Crippen LogP contribution in [-0.2, 0) is 23.0 Å². The normalized spacial score (nSPS) is 15.8. The fourth-order valence-electron chi connectivity index (χ4n) is 3.68. The molecule has 1 amide bonds. The third-order valence-corrected chi connectivity index (χ3v) is 6.33. The second kappa shape index (κ2) is 8.68. The number of carbonyl (C=O) groups excluding carboxylic acids is 1. The Labute approximate surface area is 185 Å². The van der Waals surface area contributed by atoms with Gasteiger partial charge in [-0.3, -0.25) is 4.79 Å². The van der Waals surface area contributed by atoms with Gasteiger partial charge in [-0.05, 0) is 66.4 Å². The minimum Gasteiger partial charge on any atom is -0.475 e. The van der Waals surface area contributed by atoms with Crippen molar-refractivity contribution in [1.29, 1.82) is 0 Å². The number of sulfonamides is 1. The number of ether oxygens (including phenoxy) is 1. The van der Waals surface area contributed by atoms with E-state index in [0.29, 0.717) is 17.9 Å². The third-order valence-electron chi connectivity index (χ3n) is 5.40. The van der Waals surface area contributed by atoms with Crippen molar-refractivity contribution in [2.24, 2.45) is 5.14 Å². The van der Waals surface area contributed by atoms with Crippen LogP contribution in [0.25, 0.3) is 0 Å². The summed E-state index contributed by atoms with van der Waals surface area (Å²) in [4.78, 5) is 19.1. The van der Waals surface area contributed by atoms with Gasteiger partial charge in [0.05, 0.1) is 10.9 Å². The molecular weight excluding hydrogens is 433 g/mol. The zero-order valence-corrected chi connectivity index (χ0v) is 18.2. The number of primary sulfonamides is 1. The molecule has 2 N–H and O–H groups in total. The van der Waals surface area contributed by atoms with Crippen molar-refractivity contribution >= 4 is 15.9 Å². The maximum Gasteiger partial charge on any atom is 0.254 e. The minimum atomic E-state index is -3.85. The average Bonchev–Trinajstić information content (AvgIpc) is 2.77. The van der Waals surface area contributed by atoms with Crippen LogP contribution in [0, 0.1) is 12.7 Å². The highest BCUT2D eigenvalue weighted by Gasteiger charge is 2.31. The summed E-state index contributed by atoms with van der Waals surface area (Å²) in [6.07, 6.45) is 2.11. The highest BCUT2D eigenvalue weighted by molar-refractivity contribution is 7.89. The molecule has 1 aliphatic rings. The van der Waals surface area contributed by atoms with Crippen molar-refractivity contribution in [3.8, 4) is 5.88 Å². The number of nitrogens with zero attached hydrogens (tertiary/aromatic N) is 2. The summed E-state index contributed by atoms with van der Waals surface area (Å²) in [7, 11) is -3.85. The molecule has 1 unspecified atom stereocenters. The number of rotatable bonds is 5. The fraction of sp³-hybridized carbons (Fsp3) is 0.217. The summed E-state index contributed by atoms with van der Waals surface area (Å²) in [5, 5.41) is 5.14. The summed E-state index contributed by atoms with van der Waals surface area (Å²) < 4.78 is 42.6. The molecule has 0 saturated carbocycles. The van der Waals surface area contributed by atoms with E-state index >= 15 is 0 Å². The van der Waals surface area contributed by atoms with E-state index in [9.17, 15) is 17.6 Å². The molecule has 0 bridgehead atoms. The molecule has 0 aliphatic carbocycles. The average molecular weight is 456 g/mol. The molecule has 3 aromatic rings. The van der Waals surface area contributed by atoms with Crippen LogP contribution in [0.3, 0.4) is 0 Å². The number of amides is 1. The number of hydrogen-bond acceptors (Lipinski definition) is 5. The molecule has 9 heteroatoms. The van der Waals surface area contributed by atoms with E-state index in [1.165, 1.54) is 36.4 Å². The van der Waals surface area contributed by atoms with Gasteiger partial charge in [-0.25, -0.2) is 22.9 Å². The molecule has 7 nitrogen and oxygen atoms in total. The summed E-state index contributed by atoms with van der Waals surface area (Å²) in [5.41, 5.74) is 3.00. The zero-order chi connectivity index (χ0) is 22.9. The molecule has 1 atom stereocenters. The van der Waals surface area contributed by atoms with Crippen molar-refractivity contribution in [2.75, 3.05) is 6.61 Å². The predicted molar refractivity (Wildman–Crippen MR) is 116 cm³/mol. The summed E-state index contributed by atoms with van der Waals surface area (Å²) in [6.45, 7) is 2.37. The lowest BCUT2D eigenvalue weighted by atomic mass is 9.93. The number of pyridine rings is 1. The van der Waals surface area contributed by atoms with Crippen LogP contribution in [0.15, 0.2) is 65.7 Å². The van der Waals surface area contributed by atoms with Crippen LogP contribution in [0.4, 0.5) is 4.39 Å². The van der Waals surface area contributed by atoms with E-state index in [0.717, 1.165) is 16.7 Å². The molecule has 4 rings (SSSR count). The SMILES string of the molecule is Cc1ccc(OCC2Cc3cc(F)ccc3CN2C(=O)c2ccc(S(N)(=O)=O)cc2)nc1. The van der Waals surface area contributed by atoms with E-state index in [2.05, 4.69) is 4.98 Å². The van der Waals surface area contributed by atoms with Crippen molar-refractivity contribution in [1.82, 2.24) is 9.88 Å². The lowest BCUT2D eigenvalue weighted by Gasteiger charge is -2.37. The van der Waals surface area contributed by atoms with Crippen LogP contribution in [0.2, 0.25) is 0 Å². The van der Waals surface area contributed by atoms with Crippen LogP contribution in [0.1, 0.15) is 27.0 Å². The highest BCUT2D eigenvalue weighted by atomic mass is 32.2. The number of fused-ring (bicyclic) bond motifs is 1. The molecule has 1 aromatic heterocycles. The number of aromatic nitrogens is 1. The summed E-state index contributed by atoms with van der Waals surface area (Å²) >= 11 is 0. The first-order chi connectivity index (χ1) is 15.2. The number of nitrogens with two attached hydrogens (primary N) is 1. The van der Waals surface area contributed by atoms with Crippen molar-refractivity contribution < 1.29 is 22.3 Å². The molecule has 0 spiro atoms. The maximum absolute atomic E-state index is 13.8. The van der Waals surface area contributed by atoms with E-state index in [1.807, 2.05) is 13.0 Å². The van der Waals surface area contributed by atoms with Gasteiger partial charge in [0.2, 0.25) is 15.9 Å². The number of benzene rings is 2.